The number of fused-ring (bicyclic) bond motifs is 1. The molecule has 0 atom stereocenters. The molecule has 5 nitrogen and oxygen atoms in total. The summed E-state index contributed by atoms with van der Waals surface area (Å²) in [5.41, 5.74) is 3.72. The number of aliphatic imine (C=N–C) groups is 1. The summed E-state index contributed by atoms with van der Waals surface area (Å²) in [5, 5.41) is 10.7. The van der Waals surface area contributed by atoms with E-state index in [1.54, 1.807) is 18.5 Å². The minimum absolute atomic E-state index is 0.0773. The fraction of sp³-hybridized carbons (Fsp3) is 0.0769. The van der Waals surface area contributed by atoms with Gasteiger partial charge in [0.15, 0.2) is 0 Å². The number of pyridine rings is 1. The molecule has 0 spiro atoms. The van der Waals surface area contributed by atoms with Crippen LogP contribution in [0.4, 0.5) is 11.4 Å². The second kappa shape index (κ2) is 4.03. The molecule has 2 heterocycles. The summed E-state index contributed by atoms with van der Waals surface area (Å²) >= 11 is 0. The molecule has 5 heteroatoms. The van der Waals surface area contributed by atoms with Gasteiger partial charge in [-0.05, 0) is 29.3 Å². The van der Waals surface area contributed by atoms with E-state index in [-0.39, 0.29) is 5.69 Å². The zero-order valence-corrected chi connectivity index (χ0v) is 9.41. The molecule has 1 aromatic carbocycles. The highest BCUT2D eigenvalue weighted by atomic mass is 16.6. The van der Waals surface area contributed by atoms with Gasteiger partial charge in [-0.2, -0.15) is 0 Å². The third-order valence-corrected chi connectivity index (χ3v) is 2.91. The molecule has 0 aliphatic carbocycles. The van der Waals surface area contributed by atoms with Gasteiger partial charge in [-0.25, -0.2) is 0 Å². The van der Waals surface area contributed by atoms with Crippen molar-refractivity contribution < 1.29 is 4.92 Å². The van der Waals surface area contributed by atoms with E-state index >= 15 is 0 Å². The number of hydrogen-bond acceptors (Lipinski definition) is 4. The van der Waals surface area contributed by atoms with Gasteiger partial charge in [-0.3, -0.25) is 20.1 Å². The number of benzene rings is 1. The van der Waals surface area contributed by atoms with Crippen molar-refractivity contribution in [3.63, 3.8) is 0 Å². The smallest absolute Gasteiger partial charge is 0.265 e. The summed E-state index contributed by atoms with van der Waals surface area (Å²) in [6.07, 6.45) is 4.13. The molecule has 3 rings (SSSR count). The van der Waals surface area contributed by atoms with E-state index in [1.165, 1.54) is 12.1 Å². The van der Waals surface area contributed by atoms with Gasteiger partial charge in [0.2, 0.25) is 0 Å². The lowest BCUT2D eigenvalue weighted by molar-refractivity contribution is -0.384. The average molecular weight is 239 g/mol. The second-order valence-electron chi connectivity index (χ2n) is 4.04. The van der Waals surface area contributed by atoms with Gasteiger partial charge in [0.05, 0.1) is 16.3 Å². The zero-order valence-electron chi connectivity index (χ0n) is 9.41. The topological polar surface area (TPSA) is 68.4 Å². The first kappa shape index (κ1) is 10.6. The maximum absolute atomic E-state index is 10.7. The van der Waals surface area contributed by atoms with Crippen molar-refractivity contribution in [1.29, 1.82) is 0 Å². The minimum atomic E-state index is -0.403. The predicted octanol–water partition coefficient (Wildman–Crippen LogP) is 2.67. The number of non-ortho nitro benzene ring substituents is 1. The van der Waals surface area contributed by atoms with E-state index < -0.39 is 4.92 Å². The number of rotatable bonds is 2. The number of aromatic nitrogens is 1. The highest BCUT2D eigenvalue weighted by Gasteiger charge is 2.18. The number of nitro groups is 1. The van der Waals surface area contributed by atoms with Crippen LogP contribution in [-0.2, 0) is 6.42 Å². The molecule has 88 valence electrons. The molecule has 2 aromatic rings. The molecule has 0 amide bonds. The lowest BCUT2D eigenvalue weighted by Gasteiger charge is -1.98. The van der Waals surface area contributed by atoms with Gasteiger partial charge in [-0.15, -0.1) is 0 Å². The van der Waals surface area contributed by atoms with Crippen LogP contribution >= 0.6 is 0 Å². The van der Waals surface area contributed by atoms with Crippen LogP contribution in [0.3, 0.4) is 0 Å². The van der Waals surface area contributed by atoms with Crippen LogP contribution in [0.25, 0.3) is 0 Å². The molecular weight excluding hydrogens is 230 g/mol. The average Bonchev–Trinajstić information content (AvgIpc) is 2.82. The molecule has 0 saturated carbocycles. The van der Waals surface area contributed by atoms with Crippen LogP contribution in [0.2, 0.25) is 0 Å². The maximum Gasteiger partial charge on any atom is 0.271 e. The summed E-state index contributed by atoms with van der Waals surface area (Å²) in [6, 6.07) is 8.58. The van der Waals surface area contributed by atoms with Crippen molar-refractivity contribution in [3.8, 4) is 0 Å². The van der Waals surface area contributed by atoms with Gasteiger partial charge in [-0.1, -0.05) is 0 Å². The molecule has 0 unspecified atom stereocenters. The van der Waals surface area contributed by atoms with Crippen LogP contribution < -0.4 is 0 Å². The Morgan fingerprint density at radius 2 is 1.94 bits per heavy atom. The zero-order chi connectivity index (χ0) is 12.5. The third kappa shape index (κ3) is 1.75. The molecule has 0 N–H and O–H groups in total. The summed E-state index contributed by atoms with van der Waals surface area (Å²) < 4.78 is 0. The molecular formula is C13H9N3O2. The molecule has 0 radical (unpaired) electrons. The van der Waals surface area contributed by atoms with Gasteiger partial charge < -0.3 is 0 Å². The number of hydrogen-bond donors (Lipinski definition) is 0. The molecule has 18 heavy (non-hydrogen) atoms. The summed E-state index contributed by atoms with van der Waals surface area (Å²) in [7, 11) is 0. The Balaban J connectivity index is 2.00. The first-order valence-electron chi connectivity index (χ1n) is 5.49. The molecule has 0 bridgehead atoms. The Morgan fingerprint density at radius 1 is 1.17 bits per heavy atom. The predicted molar refractivity (Wildman–Crippen MR) is 67.2 cm³/mol. The molecule has 0 fully saturated rings. The fourth-order valence-electron chi connectivity index (χ4n) is 2.00. The van der Waals surface area contributed by atoms with Crippen molar-refractivity contribution in [2.45, 2.75) is 6.42 Å². The fourth-order valence-corrected chi connectivity index (χ4v) is 2.00. The lowest BCUT2D eigenvalue weighted by atomic mass is 10.1. The second-order valence-corrected chi connectivity index (χ2v) is 4.04. The van der Waals surface area contributed by atoms with Gasteiger partial charge in [0.1, 0.15) is 0 Å². The molecule has 1 aliphatic rings. The van der Waals surface area contributed by atoms with Crippen molar-refractivity contribution in [2.75, 3.05) is 0 Å². The molecule has 1 aromatic heterocycles. The standard InChI is InChI=1S/C13H9N3O2/c17-16(18)11-2-1-10-7-12(15-13(10)8-11)9-3-5-14-6-4-9/h1-6,8H,7H2. The highest BCUT2D eigenvalue weighted by molar-refractivity contribution is 6.06. The summed E-state index contributed by atoms with van der Waals surface area (Å²) in [6.45, 7) is 0. The van der Waals surface area contributed by atoms with Crippen LogP contribution in [-0.4, -0.2) is 15.6 Å². The monoisotopic (exact) mass is 239 g/mol. The van der Waals surface area contributed by atoms with Crippen LogP contribution in [0, 0.1) is 10.1 Å². The van der Waals surface area contributed by atoms with Crippen molar-refractivity contribution in [2.24, 2.45) is 4.99 Å². The van der Waals surface area contributed by atoms with Gasteiger partial charge in [0.25, 0.3) is 5.69 Å². The summed E-state index contributed by atoms with van der Waals surface area (Å²) in [5.74, 6) is 0. The van der Waals surface area contributed by atoms with E-state index in [4.69, 9.17) is 0 Å². The number of nitro benzene ring substituents is 1. The van der Waals surface area contributed by atoms with Crippen LogP contribution in [0.5, 0.6) is 0 Å². The van der Waals surface area contributed by atoms with E-state index in [2.05, 4.69) is 9.98 Å². The Morgan fingerprint density at radius 3 is 2.67 bits per heavy atom. The quantitative estimate of drug-likeness (QED) is 0.597. The molecule has 1 aliphatic heterocycles. The van der Waals surface area contributed by atoms with Crippen molar-refractivity contribution in [1.82, 2.24) is 4.98 Å². The first-order valence-corrected chi connectivity index (χ1v) is 5.49. The Kier molecular flexibility index (Phi) is 2.37. The lowest BCUT2D eigenvalue weighted by Crippen LogP contribution is -1.99. The van der Waals surface area contributed by atoms with E-state index in [9.17, 15) is 10.1 Å². The van der Waals surface area contributed by atoms with Crippen molar-refractivity contribution >= 4 is 17.1 Å². The van der Waals surface area contributed by atoms with E-state index in [0.29, 0.717) is 12.1 Å². The minimum Gasteiger partial charge on any atom is -0.265 e. The Bertz CT molecular complexity index is 651. The SMILES string of the molecule is O=[N+]([O-])c1ccc2c(c1)N=C(c1ccncc1)C2. The normalized spacial score (nSPS) is 13.0. The van der Waals surface area contributed by atoms with Crippen LogP contribution in [0.1, 0.15) is 11.1 Å². The van der Waals surface area contributed by atoms with Crippen molar-refractivity contribution in [3.05, 3.63) is 64.0 Å². The Hall–Kier alpha value is -2.56. The number of nitrogens with zero attached hydrogens (tertiary/aromatic N) is 3. The van der Waals surface area contributed by atoms with E-state index in [0.717, 1.165) is 16.8 Å². The Labute approximate surface area is 103 Å². The summed E-state index contributed by atoms with van der Waals surface area (Å²) in [4.78, 5) is 18.7. The largest absolute Gasteiger partial charge is 0.271 e. The first-order chi connectivity index (χ1) is 8.74. The van der Waals surface area contributed by atoms with Gasteiger partial charge in [0, 0.05) is 30.9 Å². The van der Waals surface area contributed by atoms with Gasteiger partial charge >= 0.3 is 0 Å². The molecule has 0 saturated heterocycles. The maximum atomic E-state index is 10.7. The van der Waals surface area contributed by atoms with Crippen LogP contribution in [0.15, 0.2) is 47.7 Å². The third-order valence-electron chi connectivity index (χ3n) is 2.91. The van der Waals surface area contributed by atoms with E-state index in [1.807, 2.05) is 12.1 Å². The highest BCUT2D eigenvalue weighted by Crippen LogP contribution is 2.31.